The summed E-state index contributed by atoms with van der Waals surface area (Å²) in [6.07, 6.45) is 1.55. The van der Waals surface area contributed by atoms with Crippen molar-refractivity contribution >= 4 is 22.5 Å². The van der Waals surface area contributed by atoms with Gasteiger partial charge in [-0.15, -0.1) is 0 Å². The highest BCUT2D eigenvalue weighted by atomic mass is 16.5. The van der Waals surface area contributed by atoms with Crippen molar-refractivity contribution in [3.8, 4) is 5.88 Å². The van der Waals surface area contributed by atoms with Gasteiger partial charge in [0.1, 0.15) is 0 Å². The molecule has 8 heteroatoms. The van der Waals surface area contributed by atoms with E-state index in [0.717, 1.165) is 11.1 Å². The first-order valence-corrected chi connectivity index (χ1v) is 13.1. The SMILES string of the molecule is COc1cc(NC(=O)c2ccc(Cn3c(=O)c4ccccc4n(Cc4ccc(C(C)C)cc4)c3=O)cc2)ccn1. The zero-order valence-electron chi connectivity index (χ0n) is 22.6. The second kappa shape index (κ2) is 11.4. The van der Waals surface area contributed by atoms with Crippen LogP contribution in [0.1, 0.15) is 46.8 Å². The highest BCUT2D eigenvalue weighted by molar-refractivity contribution is 6.04. The Bertz CT molecular complexity index is 1790. The molecule has 5 rings (SSSR count). The summed E-state index contributed by atoms with van der Waals surface area (Å²) in [5, 5.41) is 3.29. The Labute approximate surface area is 231 Å². The number of nitrogens with zero attached hydrogens (tertiary/aromatic N) is 3. The van der Waals surface area contributed by atoms with Crippen LogP contribution in [-0.2, 0) is 13.1 Å². The molecule has 202 valence electrons. The van der Waals surface area contributed by atoms with E-state index < -0.39 is 0 Å². The summed E-state index contributed by atoms with van der Waals surface area (Å²) in [6, 6.07) is 25.5. The number of ether oxygens (including phenoxy) is 1. The highest BCUT2D eigenvalue weighted by Crippen LogP contribution is 2.17. The summed E-state index contributed by atoms with van der Waals surface area (Å²) < 4.78 is 8.00. The number of hydrogen-bond acceptors (Lipinski definition) is 5. The van der Waals surface area contributed by atoms with Gasteiger partial charge in [0.25, 0.3) is 11.5 Å². The van der Waals surface area contributed by atoms with E-state index in [1.807, 2.05) is 18.2 Å². The Morgan fingerprint density at radius 1 is 0.875 bits per heavy atom. The summed E-state index contributed by atoms with van der Waals surface area (Å²) in [4.78, 5) is 43.8. The number of para-hydroxylation sites is 1. The summed E-state index contributed by atoms with van der Waals surface area (Å²) in [7, 11) is 1.51. The fourth-order valence-electron chi connectivity index (χ4n) is 4.60. The number of amides is 1. The molecule has 2 heterocycles. The number of aromatic nitrogens is 3. The van der Waals surface area contributed by atoms with Crippen molar-refractivity contribution in [3.05, 3.63) is 134 Å². The Morgan fingerprint density at radius 3 is 2.20 bits per heavy atom. The Balaban J connectivity index is 1.43. The highest BCUT2D eigenvalue weighted by Gasteiger charge is 2.15. The first kappa shape index (κ1) is 26.6. The molecule has 5 aromatic rings. The van der Waals surface area contributed by atoms with E-state index >= 15 is 0 Å². The lowest BCUT2D eigenvalue weighted by Gasteiger charge is -2.15. The zero-order chi connectivity index (χ0) is 28.2. The lowest BCUT2D eigenvalue weighted by atomic mass is 10.0. The lowest BCUT2D eigenvalue weighted by Crippen LogP contribution is -2.40. The van der Waals surface area contributed by atoms with Gasteiger partial charge in [0.15, 0.2) is 0 Å². The molecule has 0 atom stereocenters. The van der Waals surface area contributed by atoms with Crippen molar-refractivity contribution in [2.24, 2.45) is 0 Å². The van der Waals surface area contributed by atoms with E-state index in [-0.39, 0.29) is 23.7 Å². The van der Waals surface area contributed by atoms with Crippen molar-refractivity contribution in [2.45, 2.75) is 32.9 Å². The van der Waals surface area contributed by atoms with Gasteiger partial charge < -0.3 is 10.1 Å². The fraction of sp³-hybridized carbons (Fsp3) is 0.188. The van der Waals surface area contributed by atoms with Gasteiger partial charge in [-0.1, -0.05) is 62.4 Å². The molecule has 0 aliphatic heterocycles. The Morgan fingerprint density at radius 2 is 1.52 bits per heavy atom. The van der Waals surface area contributed by atoms with E-state index in [2.05, 4.69) is 36.3 Å². The fourth-order valence-corrected chi connectivity index (χ4v) is 4.60. The van der Waals surface area contributed by atoms with Gasteiger partial charge in [0, 0.05) is 23.5 Å². The number of carbonyl (C=O) groups excluding carboxylic acids is 1. The quantitative estimate of drug-likeness (QED) is 0.301. The predicted octanol–water partition coefficient (Wildman–Crippen LogP) is 5.04. The number of carbonyl (C=O) groups is 1. The molecule has 3 aromatic carbocycles. The van der Waals surface area contributed by atoms with Crippen molar-refractivity contribution in [1.29, 1.82) is 0 Å². The van der Waals surface area contributed by atoms with E-state index in [1.165, 1.54) is 17.2 Å². The van der Waals surface area contributed by atoms with Crippen LogP contribution in [0.15, 0.2) is 101 Å². The second-order valence-corrected chi connectivity index (χ2v) is 9.91. The first-order valence-electron chi connectivity index (χ1n) is 13.1. The summed E-state index contributed by atoms with van der Waals surface area (Å²) >= 11 is 0. The number of pyridine rings is 1. The summed E-state index contributed by atoms with van der Waals surface area (Å²) in [5.41, 5.74) is 3.79. The second-order valence-electron chi connectivity index (χ2n) is 9.91. The minimum atomic E-state index is -0.384. The van der Waals surface area contributed by atoms with Gasteiger partial charge in [-0.2, -0.15) is 0 Å². The molecule has 0 bridgehead atoms. The van der Waals surface area contributed by atoms with Gasteiger partial charge in [-0.05, 0) is 52.9 Å². The van der Waals surface area contributed by atoms with Crippen LogP contribution in [-0.4, -0.2) is 27.1 Å². The number of hydrogen-bond donors (Lipinski definition) is 1. The van der Waals surface area contributed by atoms with E-state index in [4.69, 9.17) is 4.74 Å². The lowest BCUT2D eigenvalue weighted by molar-refractivity contribution is 0.102. The van der Waals surface area contributed by atoms with Gasteiger partial charge >= 0.3 is 5.69 Å². The molecular formula is C32H30N4O4. The Hall–Kier alpha value is -4.98. The predicted molar refractivity (Wildman–Crippen MR) is 156 cm³/mol. The maximum atomic E-state index is 13.7. The molecule has 0 saturated carbocycles. The molecule has 0 fully saturated rings. The topological polar surface area (TPSA) is 95.2 Å². The third-order valence-electron chi connectivity index (χ3n) is 6.88. The molecule has 0 aliphatic rings. The van der Waals surface area contributed by atoms with Crippen molar-refractivity contribution < 1.29 is 9.53 Å². The molecule has 0 saturated heterocycles. The van der Waals surface area contributed by atoms with Crippen LogP contribution < -0.4 is 21.3 Å². The van der Waals surface area contributed by atoms with Crippen molar-refractivity contribution in [2.75, 3.05) is 12.4 Å². The van der Waals surface area contributed by atoms with Crippen LogP contribution >= 0.6 is 0 Å². The third kappa shape index (κ3) is 5.56. The Kier molecular flexibility index (Phi) is 7.59. The van der Waals surface area contributed by atoms with E-state index in [1.54, 1.807) is 65.4 Å². The molecule has 0 aliphatic carbocycles. The van der Waals surface area contributed by atoms with Crippen LogP contribution in [0.25, 0.3) is 10.9 Å². The van der Waals surface area contributed by atoms with Crippen molar-refractivity contribution in [3.63, 3.8) is 0 Å². The first-order chi connectivity index (χ1) is 19.3. The number of fused-ring (bicyclic) bond motifs is 1. The van der Waals surface area contributed by atoms with Gasteiger partial charge in [0.2, 0.25) is 5.88 Å². The zero-order valence-corrected chi connectivity index (χ0v) is 22.6. The minimum absolute atomic E-state index is 0.0816. The van der Waals surface area contributed by atoms with Gasteiger partial charge in [-0.3, -0.25) is 18.7 Å². The van der Waals surface area contributed by atoms with Crippen LogP contribution in [0.4, 0.5) is 5.69 Å². The van der Waals surface area contributed by atoms with Crippen LogP contribution in [0.2, 0.25) is 0 Å². The molecule has 0 spiro atoms. The number of anilines is 1. The van der Waals surface area contributed by atoms with E-state index in [0.29, 0.717) is 40.5 Å². The van der Waals surface area contributed by atoms with Crippen molar-refractivity contribution in [1.82, 2.24) is 14.1 Å². The monoisotopic (exact) mass is 534 g/mol. The molecule has 0 unspecified atom stereocenters. The maximum absolute atomic E-state index is 13.7. The van der Waals surface area contributed by atoms with Gasteiger partial charge in [0.05, 0.1) is 31.1 Å². The number of benzene rings is 3. The standard InChI is InChI=1S/C32H30N4O4/c1-21(2)24-12-8-22(9-13-24)19-35-28-7-5-4-6-27(28)31(38)36(32(35)39)20-23-10-14-25(15-11-23)30(37)34-26-16-17-33-29(18-26)40-3/h4-18,21H,19-20H2,1-3H3,(H,33,34,37). The largest absolute Gasteiger partial charge is 0.481 e. The van der Waals surface area contributed by atoms with Crippen LogP contribution in [0.5, 0.6) is 5.88 Å². The number of methoxy groups -OCH3 is 1. The maximum Gasteiger partial charge on any atom is 0.332 e. The van der Waals surface area contributed by atoms with Crippen LogP contribution in [0.3, 0.4) is 0 Å². The molecule has 2 aromatic heterocycles. The molecule has 1 N–H and O–H groups in total. The number of rotatable bonds is 8. The molecule has 40 heavy (non-hydrogen) atoms. The third-order valence-corrected chi connectivity index (χ3v) is 6.88. The average molecular weight is 535 g/mol. The summed E-state index contributed by atoms with van der Waals surface area (Å²) in [5.74, 6) is 0.511. The molecule has 1 amide bonds. The smallest absolute Gasteiger partial charge is 0.332 e. The normalized spacial score (nSPS) is 11.1. The van der Waals surface area contributed by atoms with Gasteiger partial charge in [-0.25, -0.2) is 9.78 Å². The van der Waals surface area contributed by atoms with E-state index in [9.17, 15) is 14.4 Å². The molecule has 0 radical (unpaired) electrons. The number of nitrogens with one attached hydrogen (secondary N) is 1. The average Bonchev–Trinajstić information content (AvgIpc) is 2.98. The summed E-state index contributed by atoms with van der Waals surface area (Å²) in [6.45, 7) is 4.70. The minimum Gasteiger partial charge on any atom is -0.481 e. The van der Waals surface area contributed by atoms with Crippen LogP contribution in [0, 0.1) is 0 Å². The molecular weight excluding hydrogens is 504 g/mol. The molecule has 8 nitrogen and oxygen atoms in total.